The normalized spacial score (nSPS) is 24.2. The van der Waals surface area contributed by atoms with Crippen molar-refractivity contribution in [1.82, 2.24) is 5.32 Å². The summed E-state index contributed by atoms with van der Waals surface area (Å²) in [6.07, 6.45) is 4.00. The number of primary amides is 1. The van der Waals surface area contributed by atoms with Gasteiger partial charge in [-0.3, -0.25) is 4.79 Å². The first-order valence-electron chi connectivity index (χ1n) is 7.35. The number of nitrogens with two attached hydrogens (primary N) is 1. The van der Waals surface area contributed by atoms with Crippen LogP contribution in [0.5, 0.6) is 0 Å². The molecular formula is C17H15ClN4O3S. The Labute approximate surface area is 160 Å². The van der Waals surface area contributed by atoms with Crippen molar-refractivity contribution >= 4 is 52.0 Å². The van der Waals surface area contributed by atoms with E-state index in [9.17, 15) is 20.0 Å². The zero-order valence-corrected chi connectivity index (χ0v) is 15.2. The van der Waals surface area contributed by atoms with Crippen molar-refractivity contribution in [1.29, 1.82) is 5.26 Å². The van der Waals surface area contributed by atoms with Crippen LogP contribution in [-0.4, -0.2) is 32.5 Å². The van der Waals surface area contributed by atoms with Gasteiger partial charge in [-0.2, -0.15) is 5.26 Å². The molecule has 0 aliphatic heterocycles. The van der Waals surface area contributed by atoms with Gasteiger partial charge in [-0.15, -0.1) is 11.6 Å². The number of nitriles is 1. The van der Waals surface area contributed by atoms with Crippen LogP contribution >= 0.6 is 23.8 Å². The molecule has 0 aromatic heterocycles. The number of halogens is 1. The Balaban J connectivity index is 2.59. The number of hydrogen-bond donors (Lipinski definition) is 4. The number of nitrogens with zero attached hydrogens (tertiary/aromatic N) is 1. The Hall–Kier alpha value is -2.73. The summed E-state index contributed by atoms with van der Waals surface area (Å²) in [5.41, 5.74) is 4.44. The first-order chi connectivity index (χ1) is 12.1. The summed E-state index contributed by atoms with van der Waals surface area (Å²) < 4.78 is 0. The second-order valence-corrected chi connectivity index (χ2v) is 6.57. The van der Waals surface area contributed by atoms with Gasteiger partial charge in [0.05, 0.1) is 0 Å². The van der Waals surface area contributed by atoms with Crippen molar-refractivity contribution in [2.24, 2.45) is 5.73 Å². The van der Waals surface area contributed by atoms with E-state index in [4.69, 9.17) is 29.6 Å². The number of para-hydroxylation sites is 1. The van der Waals surface area contributed by atoms with Gasteiger partial charge in [0.25, 0.3) is 0 Å². The summed E-state index contributed by atoms with van der Waals surface area (Å²) >= 11 is 11.6. The predicted molar refractivity (Wildman–Crippen MR) is 102 cm³/mol. The summed E-state index contributed by atoms with van der Waals surface area (Å²) in [5.74, 6) is -0.269. The second-order valence-electron chi connectivity index (χ2n) is 5.57. The third-order valence-electron chi connectivity index (χ3n) is 3.70. The molecule has 2 rings (SSSR count). The van der Waals surface area contributed by atoms with Gasteiger partial charge in [-0.25, -0.2) is 4.79 Å². The molecule has 0 fully saturated rings. The number of allylic oxidation sites excluding steroid dienone is 2. The lowest BCUT2D eigenvalue weighted by Gasteiger charge is -2.37. The summed E-state index contributed by atoms with van der Waals surface area (Å²) in [6, 6.07) is 7.61. The van der Waals surface area contributed by atoms with Gasteiger partial charge in [0, 0.05) is 18.2 Å². The molecule has 0 saturated heterocycles. The summed E-state index contributed by atoms with van der Waals surface area (Å²) in [7, 11) is 0. The highest BCUT2D eigenvalue weighted by Crippen LogP contribution is 2.41. The molecule has 0 bridgehead atoms. The van der Waals surface area contributed by atoms with Gasteiger partial charge >= 0.3 is 6.03 Å². The standard InChI is InChI=1S/C17H15ClN4O3S/c1-10(23)21-13-5-3-2-4-12(13)11-6-7-16(25,9-19)17(18,8-11)14(26)22-15(20)24/h2-8,25H,1H3,(H,21,23)(H3,20,22,24,26). The fraction of sp³-hybridized carbons (Fsp3) is 0.176. The van der Waals surface area contributed by atoms with Crippen LogP contribution in [0.1, 0.15) is 12.5 Å². The maximum atomic E-state index is 11.4. The number of anilines is 1. The molecule has 5 N–H and O–H groups in total. The number of alkyl halides is 1. The molecule has 0 heterocycles. The van der Waals surface area contributed by atoms with Gasteiger partial charge in [0.15, 0.2) is 10.5 Å². The molecule has 2 unspecified atom stereocenters. The SMILES string of the molecule is CC(=O)Nc1ccccc1C1=CC(Cl)(C(=S)NC(N)=O)C(O)(C#N)C=C1. The molecule has 2 atom stereocenters. The Bertz CT molecular complexity index is 892. The lowest BCUT2D eigenvalue weighted by molar-refractivity contribution is -0.114. The zero-order valence-electron chi connectivity index (χ0n) is 13.6. The number of urea groups is 1. The highest BCUT2D eigenvalue weighted by molar-refractivity contribution is 7.80. The van der Waals surface area contributed by atoms with E-state index in [0.717, 1.165) is 0 Å². The fourth-order valence-electron chi connectivity index (χ4n) is 2.47. The monoisotopic (exact) mass is 390 g/mol. The topological polar surface area (TPSA) is 128 Å². The number of aliphatic hydroxyl groups is 1. The highest BCUT2D eigenvalue weighted by atomic mass is 35.5. The molecule has 1 aromatic carbocycles. The number of rotatable bonds is 3. The number of carbonyl (C=O) groups excluding carboxylic acids is 2. The Morgan fingerprint density at radius 1 is 1.38 bits per heavy atom. The van der Waals surface area contributed by atoms with Crippen LogP contribution in [0.15, 0.2) is 42.5 Å². The molecular weight excluding hydrogens is 376 g/mol. The van der Waals surface area contributed by atoms with Crippen LogP contribution in [0.25, 0.3) is 5.57 Å². The molecule has 7 nitrogen and oxygen atoms in total. The second kappa shape index (κ2) is 7.25. The maximum Gasteiger partial charge on any atom is 0.317 e. The smallest absolute Gasteiger partial charge is 0.317 e. The number of carbonyl (C=O) groups is 2. The van der Waals surface area contributed by atoms with Gasteiger partial charge in [-0.1, -0.05) is 36.5 Å². The Kier molecular flexibility index (Phi) is 5.47. The van der Waals surface area contributed by atoms with Crippen LogP contribution in [0.3, 0.4) is 0 Å². The third kappa shape index (κ3) is 3.60. The lowest BCUT2D eigenvalue weighted by Crippen LogP contribution is -2.58. The molecule has 0 saturated carbocycles. The van der Waals surface area contributed by atoms with Crippen molar-refractivity contribution in [3.8, 4) is 6.07 Å². The van der Waals surface area contributed by atoms with Crippen LogP contribution in [-0.2, 0) is 4.79 Å². The van der Waals surface area contributed by atoms with Crippen molar-refractivity contribution in [2.75, 3.05) is 5.32 Å². The van der Waals surface area contributed by atoms with Crippen LogP contribution in [0, 0.1) is 11.3 Å². The number of benzene rings is 1. The average Bonchev–Trinajstić information content (AvgIpc) is 2.57. The molecule has 1 aliphatic rings. The first-order valence-corrected chi connectivity index (χ1v) is 8.14. The molecule has 1 aromatic rings. The average molecular weight is 391 g/mol. The number of hydrogen-bond acceptors (Lipinski definition) is 5. The zero-order chi connectivity index (χ0) is 19.5. The third-order valence-corrected chi connectivity index (χ3v) is 4.82. The van der Waals surface area contributed by atoms with Crippen molar-refractivity contribution in [3.63, 3.8) is 0 Å². The minimum atomic E-state index is -2.21. The van der Waals surface area contributed by atoms with E-state index in [-0.39, 0.29) is 10.9 Å². The van der Waals surface area contributed by atoms with E-state index in [1.807, 2.05) is 0 Å². The minimum absolute atomic E-state index is 0.269. The summed E-state index contributed by atoms with van der Waals surface area (Å²) in [6.45, 7) is 1.37. The number of amides is 3. The highest BCUT2D eigenvalue weighted by Gasteiger charge is 2.52. The first kappa shape index (κ1) is 19.6. The Morgan fingerprint density at radius 3 is 2.62 bits per heavy atom. The minimum Gasteiger partial charge on any atom is -0.370 e. The van der Waals surface area contributed by atoms with Crippen LogP contribution in [0.4, 0.5) is 10.5 Å². The predicted octanol–water partition coefficient (Wildman–Crippen LogP) is 1.83. The van der Waals surface area contributed by atoms with Crippen molar-refractivity contribution in [2.45, 2.75) is 17.4 Å². The lowest BCUT2D eigenvalue weighted by atomic mass is 9.80. The van der Waals surface area contributed by atoms with Crippen LogP contribution in [0.2, 0.25) is 0 Å². The quantitative estimate of drug-likeness (QED) is 0.355. The van der Waals surface area contributed by atoms with E-state index in [0.29, 0.717) is 16.8 Å². The Morgan fingerprint density at radius 2 is 2.04 bits per heavy atom. The molecule has 3 amide bonds. The molecule has 134 valence electrons. The van der Waals surface area contributed by atoms with Gasteiger partial charge in [0.1, 0.15) is 11.1 Å². The number of nitrogens with one attached hydrogen (secondary N) is 2. The molecule has 0 radical (unpaired) electrons. The van der Waals surface area contributed by atoms with E-state index in [1.54, 1.807) is 30.3 Å². The molecule has 9 heteroatoms. The number of thiocarbonyl (C=S) groups is 1. The van der Waals surface area contributed by atoms with E-state index < -0.39 is 16.5 Å². The van der Waals surface area contributed by atoms with Crippen molar-refractivity contribution in [3.05, 3.63) is 48.1 Å². The van der Waals surface area contributed by atoms with Crippen molar-refractivity contribution < 1.29 is 14.7 Å². The van der Waals surface area contributed by atoms with Gasteiger partial charge in [0.2, 0.25) is 5.91 Å². The largest absolute Gasteiger partial charge is 0.370 e. The van der Waals surface area contributed by atoms with E-state index in [2.05, 4.69) is 10.6 Å². The van der Waals surface area contributed by atoms with E-state index >= 15 is 0 Å². The van der Waals surface area contributed by atoms with Gasteiger partial charge in [-0.05, 0) is 23.8 Å². The molecule has 26 heavy (non-hydrogen) atoms. The summed E-state index contributed by atoms with van der Waals surface area (Å²) in [5, 5.41) is 24.8. The van der Waals surface area contributed by atoms with Gasteiger partial charge < -0.3 is 21.5 Å². The molecule has 0 spiro atoms. The maximum absolute atomic E-state index is 11.4. The van der Waals surface area contributed by atoms with Crippen LogP contribution < -0.4 is 16.4 Å². The van der Waals surface area contributed by atoms with E-state index in [1.165, 1.54) is 25.2 Å². The molecule has 1 aliphatic carbocycles. The fourth-order valence-corrected chi connectivity index (χ4v) is 3.05. The summed E-state index contributed by atoms with van der Waals surface area (Å²) in [4.78, 5) is 20.3.